The minimum absolute atomic E-state index is 0.808. The zero-order valence-electron chi connectivity index (χ0n) is 51.5. The summed E-state index contributed by atoms with van der Waals surface area (Å²) >= 11 is 0. The molecule has 9 aromatic heterocycles. The lowest BCUT2D eigenvalue weighted by atomic mass is 9.94. The van der Waals surface area contributed by atoms with Crippen LogP contribution in [0.1, 0.15) is 0 Å². The molecule has 11 aromatic carbocycles. The molecular formula is C87H51N9. The van der Waals surface area contributed by atoms with Crippen LogP contribution < -0.4 is 0 Å². The lowest BCUT2D eigenvalue weighted by Crippen LogP contribution is -1.94. The van der Waals surface area contributed by atoms with E-state index >= 15 is 0 Å². The molecule has 0 atom stereocenters. The predicted molar refractivity (Wildman–Crippen MR) is 396 cm³/mol. The molecule has 9 heterocycles. The maximum Gasteiger partial charge on any atom is 0.0978 e. The molecule has 0 bridgehead atoms. The van der Waals surface area contributed by atoms with Crippen molar-refractivity contribution in [1.82, 2.24) is 44.9 Å². The molecule has 0 fully saturated rings. The maximum absolute atomic E-state index is 5.30. The van der Waals surface area contributed by atoms with Crippen LogP contribution in [-0.2, 0) is 0 Å². The van der Waals surface area contributed by atoms with Crippen LogP contribution in [0.25, 0.3) is 198 Å². The summed E-state index contributed by atoms with van der Waals surface area (Å²) in [7, 11) is 0. The van der Waals surface area contributed by atoms with Gasteiger partial charge in [0.05, 0.1) is 72.2 Å². The van der Waals surface area contributed by atoms with E-state index in [9.17, 15) is 0 Å². The third-order valence-electron chi connectivity index (χ3n) is 18.9. The number of pyridine rings is 9. The van der Waals surface area contributed by atoms with Gasteiger partial charge < -0.3 is 0 Å². The van der Waals surface area contributed by atoms with Crippen LogP contribution in [0.2, 0.25) is 0 Å². The van der Waals surface area contributed by atoms with Gasteiger partial charge in [-0.15, -0.1) is 0 Å². The molecule has 444 valence electrons. The molecule has 0 aliphatic rings. The number of benzene rings is 11. The second-order valence-electron chi connectivity index (χ2n) is 24.4. The lowest BCUT2D eigenvalue weighted by Gasteiger charge is -2.13. The first-order valence-corrected chi connectivity index (χ1v) is 32.1. The molecule has 0 spiro atoms. The van der Waals surface area contributed by atoms with Gasteiger partial charge in [0.15, 0.2) is 0 Å². The van der Waals surface area contributed by atoms with Crippen molar-refractivity contribution in [1.29, 1.82) is 0 Å². The van der Waals surface area contributed by atoms with Crippen LogP contribution in [0.3, 0.4) is 0 Å². The van der Waals surface area contributed by atoms with E-state index in [1.54, 1.807) is 0 Å². The number of hydrogen-bond donors (Lipinski definition) is 0. The monoisotopic (exact) mass is 1220 g/mol. The average molecular weight is 1220 g/mol. The van der Waals surface area contributed by atoms with Gasteiger partial charge in [-0.25, -0.2) is 19.9 Å². The third-order valence-corrected chi connectivity index (χ3v) is 18.9. The van der Waals surface area contributed by atoms with Gasteiger partial charge in [0.1, 0.15) is 0 Å². The summed E-state index contributed by atoms with van der Waals surface area (Å²) in [5.74, 6) is 0. The van der Waals surface area contributed by atoms with Crippen LogP contribution in [0.15, 0.2) is 310 Å². The standard InChI is InChI=1S/C48H28N4.C39H23N5/c1-2-7-29(8-3-1)44-40-10-4-5-11-43(40)52-48-41(44)22-15-31-18-23-42(51-46(31)48)35-17-20-37-33(28-35)13-12-32-27-34(16-19-36(32)37)38-24-26-50-47-39(38)21-14-30-9-6-25-49-45(30)47;1-2-7-24(8-3-1)35-30-10-4-5-11-32(30)43-39-31(35)17-13-26-14-19-34(44-37(26)39)33-18-15-27(23-42-33)28-20-22-41-38-29(28)16-12-25-9-6-21-40-36(25)38/h1-28H;1-23H. The highest BCUT2D eigenvalue weighted by molar-refractivity contribution is 6.19. The largest absolute Gasteiger partial charge is 0.254 e. The Labute approximate surface area is 549 Å². The van der Waals surface area contributed by atoms with Crippen LogP contribution >= 0.6 is 0 Å². The normalized spacial score (nSPS) is 11.8. The summed E-state index contributed by atoms with van der Waals surface area (Å²) in [5, 5.41) is 15.7. The van der Waals surface area contributed by atoms with E-state index in [4.69, 9.17) is 29.9 Å². The van der Waals surface area contributed by atoms with Crippen molar-refractivity contribution in [3.05, 3.63) is 310 Å². The van der Waals surface area contributed by atoms with Crippen molar-refractivity contribution in [2.75, 3.05) is 0 Å². The number of aromatic nitrogens is 9. The van der Waals surface area contributed by atoms with Gasteiger partial charge in [0.2, 0.25) is 0 Å². The predicted octanol–water partition coefficient (Wildman–Crippen LogP) is 21.8. The quantitative estimate of drug-likeness (QED) is 0.119. The van der Waals surface area contributed by atoms with Crippen molar-refractivity contribution in [2.45, 2.75) is 0 Å². The summed E-state index contributed by atoms with van der Waals surface area (Å²) in [4.78, 5) is 44.3. The number of para-hydroxylation sites is 2. The first kappa shape index (κ1) is 54.6. The summed E-state index contributed by atoms with van der Waals surface area (Å²) in [6, 6.07) is 97.8. The van der Waals surface area contributed by atoms with Crippen LogP contribution in [0.5, 0.6) is 0 Å². The molecule has 0 unspecified atom stereocenters. The van der Waals surface area contributed by atoms with Gasteiger partial charge in [-0.3, -0.25) is 24.9 Å². The van der Waals surface area contributed by atoms with Crippen molar-refractivity contribution in [3.63, 3.8) is 0 Å². The van der Waals surface area contributed by atoms with Crippen molar-refractivity contribution < 1.29 is 0 Å². The summed E-state index contributed by atoms with van der Waals surface area (Å²) < 4.78 is 0. The van der Waals surface area contributed by atoms with E-state index < -0.39 is 0 Å². The SMILES string of the molecule is c1ccc(-c2c3ccccc3nc3c2ccc2ccc(-c4ccc(-c5ccnc6c5ccc5cccnc56)cn4)nc23)cc1.c1ccc(-c2c3ccccc3nc3c2ccc2ccc(-c4ccc5c(ccc6cc(-c7ccnc8c7ccc7cccnc78)ccc65)c4)nc23)cc1. The number of fused-ring (bicyclic) bond motifs is 17. The number of hydrogen-bond acceptors (Lipinski definition) is 9. The molecule has 20 rings (SSSR count). The molecule has 0 aliphatic heterocycles. The first-order chi connectivity index (χ1) is 47.6. The Hall–Kier alpha value is -13.1. The third kappa shape index (κ3) is 9.12. The van der Waals surface area contributed by atoms with Crippen molar-refractivity contribution in [2.24, 2.45) is 0 Å². The van der Waals surface area contributed by atoms with Gasteiger partial charge in [-0.1, -0.05) is 212 Å². The fourth-order valence-electron chi connectivity index (χ4n) is 14.3. The van der Waals surface area contributed by atoms with E-state index in [2.05, 4.69) is 252 Å². The molecule has 96 heavy (non-hydrogen) atoms. The molecule has 0 saturated carbocycles. The van der Waals surface area contributed by atoms with Gasteiger partial charge >= 0.3 is 0 Å². The Morgan fingerprint density at radius 2 is 0.604 bits per heavy atom. The summed E-state index contributed by atoms with van der Waals surface area (Å²) in [6.07, 6.45) is 9.30. The average Bonchev–Trinajstić information content (AvgIpc) is 0.758. The highest BCUT2D eigenvalue weighted by Crippen LogP contribution is 2.42. The van der Waals surface area contributed by atoms with Crippen LogP contribution in [0, 0.1) is 0 Å². The van der Waals surface area contributed by atoms with E-state index in [-0.39, 0.29) is 0 Å². The van der Waals surface area contributed by atoms with Crippen LogP contribution in [-0.4, -0.2) is 44.9 Å². The molecule has 0 radical (unpaired) electrons. The Morgan fingerprint density at radius 3 is 1.16 bits per heavy atom. The lowest BCUT2D eigenvalue weighted by molar-refractivity contribution is 1.28. The Morgan fingerprint density at radius 1 is 0.188 bits per heavy atom. The minimum Gasteiger partial charge on any atom is -0.254 e. The van der Waals surface area contributed by atoms with Gasteiger partial charge in [0, 0.05) is 107 Å². The van der Waals surface area contributed by atoms with E-state index in [0.717, 1.165) is 159 Å². The van der Waals surface area contributed by atoms with Crippen LogP contribution in [0.4, 0.5) is 0 Å². The second kappa shape index (κ2) is 22.3. The smallest absolute Gasteiger partial charge is 0.0978 e. The molecule has 9 heteroatoms. The summed E-state index contributed by atoms with van der Waals surface area (Å²) in [6.45, 7) is 0. The number of rotatable bonds is 6. The summed E-state index contributed by atoms with van der Waals surface area (Å²) in [5.41, 5.74) is 21.9. The molecule has 20 aromatic rings. The highest BCUT2D eigenvalue weighted by Gasteiger charge is 2.19. The fourth-order valence-corrected chi connectivity index (χ4v) is 14.3. The molecular weight excluding hydrogens is 1170 g/mol. The minimum atomic E-state index is 0.808. The zero-order valence-corrected chi connectivity index (χ0v) is 51.5. The molecule has 0 aliphatic carbocycles. The van der Waals surface area contributed by atoms with E-state index in [1.807, 2.05) is 73.4 Å². The fraction of sp³-hybridized carbons (Fsp3) is 0. The first-order valence-electron chi connectivity index (χ1n) is 32.1. The molecule has 9 nitrogen and oxygen atoms in total. The topological polar surface area (TPSA) is 116 Å². The van der Waals surface area contributed by atoms with E-state index in [0.29, 0.717) is 0 Å². The van der Waals surface area contributed by atoms with E-state index in [1.165, 1.54) is 38.2 Å². The Bertz CT molecular complexity index is 6580. The van der Waals surface area contributed by atoms with Crippen molar-refractivity contribution >= 4 is 131 Å². The number of nitrogens with zero attached hydrogens (tertiary/aromatic N) is 9. The molecule has 0 amide bonds. The maximum atomic E-state index is 5.30. The zero-order chi connectivity index (χ0) is 63.2. The molecule has 0 saturated heterocycles. The van der Waals surface area contributed by atoms with Gasteiger partial charge in [-0.05, 0) is 116 Å². The molecule has 0 N–H and O–H groups in total. The van der Waals surface area contributed by atoms with Gasteiger partial charge in [0.25, 0.3) is 0 Å². The Kier molecular flexibility index (Phi) is 12.7. The Balaban J connectivity index is 0.000000137. The van der Waals surface area contributed by atoms with Gasteiger partial charge in [-0.2, -0.15) is 0 Å². The highest BCUT2D eigenvalue weighted by atomic mass is 14.8. The van der Waals surface area contributed by atoms with Crippen molar-refractivity contribution in [3.8, 4) is 67.2 Å². The second-order valence-corrected chi connectivity index (χ2v) is 24.4.